The molecule has 3 aromatic rings. The number of H-pyrrole nitrogens is 1. The predicted molar refractivity (Wildman–Crippen MR) is 138 cm³/mol. The molecule has 1 spiro atoms. The van der Waals surface area contributed by atoms with Gasteiger partial charge in [0.15, 0.2) is 17.6 Å². The van der Waals surface area contributed by atoms with Crippen molar-refractivity contribution in [2.45, 2.75) is 80.9 Å². The smallest absolute Gasteiger partial charge is 0.166 e. The summed E-state index contributed by atoms with van der Waals surface area (Å²) >= 11 is 0. The summed E-state index contributed by atoms with van der Waals surface area (Å²) in [5, 5.41) is 14.4. The van der Waals surface area contributed by atoms with Gasteiger partial charge in [0, 0.05) is 35.5 Å². The first kappa shape index (κ1) is 20.5. The number of aromatic amines is 1. The van der Waals surface area contributed by atoms with Gasteiger partial charge in [-0.2, -0.15) is 0 Å². The number of ether oxygens (including phenoxy) is 2. The highest BCUT2D eigenvalue weighted by molar-refractivity contribution is 5.90. The average molecular weight is 483 g/mol. The lowest BCUT2D eigenvalue weighted by Crippen LogP contribution is -2.74. The number of likely N-dealkylation sites (tertiary alicyclic amines) is 1. The molecule has 0 unspecified atom stereocenters. The van der Waals surface area contributed by atoms with E-state index in [9.17, 15) is 5.11 Å². The molecule has 3 heterocycles. The standard InChI is InChI=1S/C31H34N2O3/c1-35-23-11-9-19-14-24-31(34)15-22-21-10-8-18-4-2-3-5-20(18)26(21)32-27(22)29-30(31,25(19)28(23)36-29)12-13-33(24)16-17-6-7-17/h8-11,17,24,29,32,34H,2-7,12-16H2,1H3/t24-,29-,30-,31+/m0/s1. The number of rotatable bonds is 3. The number of piperidine rings is 1. The quantitative estimate of drug-likeness (QED) is 0.566. The van der Waals surface area contributed by atoms with Crippen LogP contribution in [-0.4, -0.2) is 46.8 Å². The first-order valence-corrected chi connectivity index (χ1v) is 14.1. The minimum Gasteiger partial charge on any atom is -0.493 e. The summed E-state index contributed by atoms with van der Waals surface area (Å²) in [4.78, 5) is 6.58. The molecular formula is C31H34N2O3. The second-order valence-corrected chi connectivity index (χ2v) is 12.5. The fourth-order valence-electron chi connectivity index (χ4n) is 9.08. The van der Waals surface area contributed by atoms with Crippen molar-refractivity contribution >= 4 is 10.9 Å². The van der Waals surface area contributed by atoms with Crippen molar-refractivity contribution in [2.75, 3.05) is 20.2 Å². The maximum atomic E-state index is 13.1. The number of aliphatic hydroxyl groups is 1. The van der Waals surface area contributed by atoms with E-state index in [-0.39, 0.29) is 12.1 Å². The third-order valence-corrected chi connectivity index (χ3v) is 10.9. The molecular weight excluding hydrogens is 448 g/mol. The summed E-state index contributed by atoms with van der Waals surface area (Å²) in [5.41, 5.74) is 8.08. The number of fused-ring (bicyclic) bond motifs is 6. The molecule has 2 aromatic carbocycles. The Morgan fingerprint density at radius 1 is 1.11 bits per heavy atom. The topological polar surface area (TPSA) is 57.7 Å². The number of methoxy groups -OCH3 is 1. The third kappa shape index (κ3) is 2.27. The second kappa shape index (κ2) is 6.68. The van der Waals surface area contributed by atoms with E-state index in [4.69, 9.17) is 9.47 Å². The van der Waals surface area contributed by atoms with Gasteiger partial charge in [0.05, 0.1) is 23.8 Å². The van der Waals surface area contributed by atoms with E-state index in [0.29, 0.717) is 6.42 Å². The van der Waals surface area contributed by atoms with E-state index >= 15 is 0 Å². The monoisotopic (exact) mass is 482 g/mol. The van der Waals surface area contributed by atoms with Crippen molar-refractivity contribution in [3.63, 3.8) is 0 Å². The minimum atomic E-state index is -0.854. The normalized spacial score (nSPS) is 33.6. The van der Waals surface area contributed by atoms with Crippen LogP contribution in [0.25, 0.3) is 10.9 Å². The molecule has 1 saturated carbocycles. The third-order valence-electron chi connectivity index (χ3n) is 10.9. The Bertz CT molecular complexity index is 1450. The summed E-state index contributed by atoms with van der Waals surface area (Å²) < 4.78 is 12.8. The molecule has 36 heavy (non-hydrogen) atoms. The van der Waals surface area contributed by atoms with E-state index < -0.39 is 11.0 Å². The number of nitrogens with zero attached hydrogens (tertiary/aromatic N) is 1. The second-order valence-electron chi connectivity index (χ2n) is 12.5. The first-order chi connectivity index (χ1) is 17.6. The predicted octanol–water partition coefficient (Wildman–Crippen LogP) is 4.75. The molecule has 2 N–H and O–H groups in total. The van der Waals surface area contributed by atoms with Crippen LogP contribution >= 0.6 is 0 Å². The van der Waals surface area contributed by atoms with Gasteiger partial charge in [-0.25, -0.2) is 0 Å². The maximum Gasteiger partial charge on any atom is 0.166 e. The number of nitrogens with one attached hydrogen (secondary N) is 1. The van der Waals surface area contributed by atoms with Crippen LogP contribution in [0.4, 0.5) is 0 Å². The van der Waals surface area contributed by atoms with Crippen molar-refractivity contribution in [1.82, 2.24) is 9.88 Å². The van der Waals surface area contributed by atoms with E-state index in [0.717, 1.165) is 49.8 Å². The molecule has 4 atom stereocenters. The molecule has 0 amide bonds. The number of hydrogen-bond donors (Lipinski definition) is 2. The fraction of sp³-hybridized carbons (Fsp3) is 0.548. The summed E-state index contributed by atoms with van der Waals surface area (Å²) in [5.74, 6) is 2.49. The molecule has 2 fully saturated rings. The van der Waals surface area contributed by atoms with Crippen LogP contribution in [-0.2, 0) is 31.1 Å². The molecule has 4 aliphatic carbocycles. The molecule has 5 nitrogen and oxygen atoms in total. The summed E-state index contributed by atoms with van der Waals surface area (Å²) in [6.45, 7) is 2.16. The molecule has 1 saturated heterocycles. The molecule has 2 bridgehead atoms. The van der Waals surface area contributed by atoms with Gasteiger partial charge < -0.3 is 19.6 Å². The molecule has 1 aromatic heterocycles. The zero-order valence-corrected chi connectivity index (χ0v) is 21.0. The van der Waals surface area contributed by atoms with E-state index in [1.165, 1.54) is 76.5 Å². The average Bonchev–Trinajstić information content (AvgIpc) is 3.53. The fourth-order valence-corrected chi connectivity index (χ4v) is 9.08. The summed E-state index contributed by atoms with van der Waals surface area (Å²) in [6.07, 6.45) is 9.85. The van der Waals surface area contributed by atoms with Crippen molar-refractivity contribution in [1.29, 1.82) is 0 Å². The summed E-state index contributed by atoms with van der Waals surface area (Å²) in [6, 6.07) is 9.13. The number of aromatic nitrogens is 1. The molecule has 6 aliphatic rings. The van der Waals surface area contributed by atoms with Gasteiger partial charge in [-0.05, 0) is 92.1 Å². The lowest BCUT2D eigenvalue weighted by atomic mass is 9.49. The van der Waals surface area contributed by atoms with Crippen LogP contribution in [0, 0.1) is 5.92 Å². The Balaban J connectivity index is 1.31. The van der Waals surface area contributed by atoms with Crippen molar-refractivity contribution in [2.24, 2.45) is 5.92 Å². The van der Waals surface area contributed by atoms with E-state index in [1.54, 1.807) is 7.11 Å². The molecule has 9 rings (SSSR count). The van der Waals surface area contributed by atoms with Crippen LogP contribution in [0.3, 0.4) is 0 Å². The van der Waals surface area contributed by atoms with Crippen LogP contribution in [0.15, 0.2) is 24.3 Å². The van der Waals surface area contributed by atoms with E-state index in [1.807, 2.05) is 0 Å². The van der Waals surface area contributed by atoms with Crippen molar-refractivity contribution in [3.8, 4) is 11.5 Å². The van der Waals surface area contributed by atoms with Crippen LogP contribution in [0.1, 0.15) is 71.7 Å². The van der Waals surface area contributed by atoms with Gasteiger partial charge in [0.25, 0.3) is 0 Å². The Hall–Kier alpha value is -2.50. The van der Waals surface area contributed by atoms with Crippen molar-refractivity contribution in [3.05, 3.63) is 57.8 Å². The highest BCUT2D eigenvalue weighted by atomic mass is 16.5. The highest BCUT2D eigenvalue weighted by Crippen LogP contribution is 2.69. The SMILES string of the molecule is COc1ccc2c3c1O[C@H]1c4[nH]c5c6c(ccc5c4C[C@@]4(O)[C@H](C2)N(CC2CC2)CC[C@]314)CCCC6. The zero-order valence-electron chi connectivity index (χ0n) is 21.0. The van der Waals surface area contributed by atoms with Gasteiger partial charge in [-0.15, -0.1) is 0 Å². The van der Waals surface area contributed by atoms with Crippen molar-refractivity contribution < 1.29 is 14.6 Å². The number of benzene rings is 2. The lowest BCUT2D eigenvalue weighted by Gasteiger charge is -2.62. The van der Waals surface area contributed by atoms with Crippen LogP contribution in [0.5, 0.6) is 11.5 Å². The van der Waals surface area contributed by atoms with E-state index in [2.05, 4.69) is 34.1 Å². The lowest BCUT2D eigenvalue weighted by molar-refractivity contribution is -0.173. The minimum absolute atomic E-state index is 0.125. The van der Waals surface area contributed by atoms with Crippen LogP contribution in [0.2, 0.25) is 0 Å². The van der Waals surface area contributed by atoms with Gasteiger partial charge in [0.1, 0.15) is 0 Å². The highest BCUT2D eigenvalue weighted by Gasteiger charge is 2.73. The molecule has 2 aliphatic heterocycles. The number of hydrogen-bond acceptors (Lipinski definition) is 4. The Kier molecular flexibility index (Phi) is 3.81. The Morgan fingerprint density at radius 3 is 2.83 bits per heavy atom. The molecule has 5 heteroatoms. The van der Waals surface area contributed by atoms with Gasteiger partial charge in [-0.1, -0.05) is 18.2 Å². The first-order valence-electron chi connectivity index (χ1n) is 14.1. The van der Waals surface area contributed by atoms with Gasteiger partial charge in [-0.3, -0.25) is 4.90 Å². The van der Waals surface area contributed by atoms with Crippen LogP contribution < -0.4 is 9.47 Å². The largest absolute Gasteiger partial charge is 0.493 e. The molecule has 186 valence electrons. The van der Waals surface area contributed by atoms with Gasteiger partial charge >= 0.3 is 0 Å². The summed E-state index contributed by atoms with van der Waals surface area (Å²) in [7, 11) is 1.73. The number of aryl methyl sites for hydroxylation is 2. The zero-order chi connectivity index (χ0) is 23.8. The Labute approximate surface area is 211 Å². The molecule has 0 radical (unpaired) electrons. The maximum absolute atomic E-state index is 13.1. The Morgan fingerprint density at radius 2 is 1.97 bits per heavy atom. The van der Waals surface area contributed by atoms with Gasteiger partial charge in [0.2, 0.25) is 0 Å².